The third kappa shape index (κ3) is 4.84. The number of nitriles is 1. The lowest BCUT2D eigenvalue weighted by molar-refractivity contribution is 0.265. The zero-order valence-corrected chi connectivity index (χ0v) is 18.1. The van der Waals surface area contributed by atoms with Crippen LogP contribution in [0.4, 0.5) is 11.6 Å². The van der Waals surface area contributed by atoms with E-state index in [9.17, 15) is 0 Å². The number of anilines is 2. The molecule has 160 valence electrons. The highest BCUT2D eigenvalue weighted by Gasteiger charge is 2.24. The Balaban J connectivity index is 1.46. The highest BCUT2D eigenvalue weighted by atomic mass is 16.5. The van der Waals surface area contributed by atoms with Crippen LogP contribution in [0.25, 0.3) is 11.3 Å². The normalized spacial score (nSPS) is 16.4. The van der Waals surface area contributed by atoms with Crippen molar-refractivity contribution in [3.8, 4) is 23.1 Å². The van der Waals surface area contributed by atoms with Gasteiger partial charge >= 0.3 is 0 Å². The Bertz CT molecular complexity index is 1070. The summed E-state index contributed by atoms with van der Waals surface area (Å²) >= 11 is 0. The van der Waals surface area contributed by atoms with Gasteiger partial charge in [0.1, 0.15) is 17.6 Å². The minimum atomic E-state index is 0.271. The van der Waals surface area contributed by atoms with Crippen molar-refractivity contribution >= 4 is 11.6 Å². The molecule has 3 aromatic rings. The van der Waals surface area contributed by atoms with Crippen LogP contribution in [0.1, 0.15) is 31.5 Å². The van der Waals surface area contributed by atoms with Crippen LogP contribution in [0.5, 0.6) is 5.75 Å². The Kier molecular flexibility index (Phi) is 6.14. The van der Waals surface area contributed by atoms with Gasteiger partial charge in [0.05, 0.1) is 25.2 Å². The van der Waals surface area contributed by atoms with Gasteiger partial charge < -0.3 is 15.0 Å². The Morgan fingerprint density at radius 3 is 2.81 bits per heavy atom. The fourth-order valence-corrected chi connectivity index (χ4v) is 4.02. The van der Waals surface area contributed by atoms with Crippen molar-refractivity contribution in [2.75, 3.05) is 25.5 Å². The maximum atomic E-state index is 8.83. The van der Waals surface area contributed by atoms with Gasteiger partial charge in [-0.05, 0) is 56.8 Å². The van der Waals surface area contributed by atoms with Gasteiger partial charge in [-0.25, -0.2) is 9.97 Å². The smallest absolute Gasteiger partial charge is 0.158 e. The van der Waals surface area contributed by atoms with Gasteiger partial charge in [-0.15, -0.1) is 0 Å². The molecule has 0 spiro atoms. The van der Waals surface area contributed by atoms with E-state index >= 15 is 0 Å². The molecule has 1 aromatic carbocycles. The van der Waals surface area contributed by atoms with E-state index in [1.54, 1.807) is 7.11 Å². The first-order chi connectivity index (χ1) is 15.1. The van der Waals surface area contributed by atoms with Crippen molar-refractivity contribution in [3.05, 3.63) is 47.9 Å². The molecule has 0 radical (unpaired) electrons. The summed E-state index contributed by atoms with van der Waals surface area (Å²) in [4.78, 5) is 10.7. The van der Waals surface area contributed by atoms with Gasteiger partial charge in [0, 0.05) is 24.2 Å². The molecule has 2 aromatic heterocycles. The molecule has 8 nitrogen and oxygen atoms in total. The van der Waals surface area contributed by atoms with Crippen LogP contribution < -0.4 is 10.1 Å². The lowest BCUT2D eigenvalue weighted by Gasteiger charge is -2.20. The summed E-state index contributed by atoms with van der Waals surface area (Å²) in [6, 6.07) is 10.9. The van der Waals surface area contributed by atoms with Crippen LogP contribution in [-0.4, -0.2) is 51.3 Å². The van der Waals surface area contributed by atoms with Gasteiger partial charge in [-0.1, -0.05) is 6.07 Å². The summed E-state index contributed by atoms with van der Waals surface area (Å²) in [6.07, 6.45) is 5.23. The number of likely N-dealkylation sites (tertiary alicyclic amines) is 1. The van der Waals surface area contributed by atoms with Gasteiger partial charge in [0.25, 0.3) is 0 Å². The van der Waals surface area contributed by atoms with Crippen LogP contribution in [0, 0.1) is 17.2 Å². The minimum absolute atomic E-state index is 0.271. The molecule has 1 atom stereocenters. The summed E-state index contributed by atoms with van der Waals surface area (Å²) in [5, 5.41) is 19.3. The Morgan fingerprint density at radius 2 is 2.13 bits per heavy atom. The molecule has 3 heterocycles. The molecule has 1 saturated heterocycles. The van der Waals surface area contributed by atoms with Crippen molar-refractivity contribution in [2.24, 2.45) is 5.92 Å². The molecule has 2 N–H and O–H groups in total. The maximum Gasteiger partial charge on any atom is 0.158 e. The lowest BCUT2D eigenvalue weighted by Crippen LogP contribution is -2.28. The summed E-state index contributed by atoms with van der Waals surface area (Å²) in [6.45, 7) is 6.88. The van der Waals surface area contributed by atoms with Crippen LogP contribution in [0.15, 0.2) is 36.7 Å². The van der Waals surface area contributed by atoms with Crippen LogP contribution >= 0.6 is 0 Å². The van der Waals surface area contributed by atoms with E-state index in [-0.39, 0.29) is 5.69 Å². The minimum Gasteiger partial charge on any atom is -0.496 e. The van der Waals surface area contributed by atoms with E-state index < -0.39 is 0 Å². The van der Waals surface area contributed by atoms with Crippen molar-refractivity contribution in [3.63, 3.8) is 0 Å². The molecular formula is C23H27N7O. The molecule has 0 saturated carbocycles. The third-order valence-corrected chi connectivity index (χ3v) is 5.73. The molecule has 1 aliphatic heterocycles. The fraction of sp³-hybridized carbons (Fsp3) is 0.391. The standard InChI is InChI=1S/C23H27N7O/c1-15(2)30-7-6-17(14-30)8-16-4-5-19(21(9-16)31-3)20-10-22(29-28-20)27-23-13-25-18(11-24)12-26-23/h4-5,9-10,12-13,15,17H,6-8,14H2,1-3H3,(H2,26,27,28,29)/t17-/m1/s1. The van der Waals surface area contributed by atoms with E-state index in [2.05, 4.69) is 62.4 Å². The molecule has 1 aliphatic rings. The van der Waals surface area contributed by atoms with Gasteiger partial charge in [-0.2, -0.15) is 10.4 Å². The van der Waals surface area contributed by atoms with Gasteiger partial charge in [0.15, 0.2) is 11.5 Å². The maximum absolute atomic E-state index is 8.83. The van der Waals surface area contributed by atoms with Crippen molar-refractivity contribution in [1.82, 2.24) is 25.1 Å². The number of ether oxygens (including phenoxy) is 1. The zero-order chi connectivity index (χ0) is 21.8. The number of nitrogens with zero attached hydrogens (tertiary/aromatic N) is 5. The number of hydrogen-bond donors (Lipinski definition) is 2. The number of H-pyrrole nitrogens is 1. The third-order valence-electron chi connectivity index (χ3n) is 5.73. The Morgan fingerprint density at radius 1 is 1.26 bits per heavy atom. The molecule has 8 heteroatoms. The first-order valence-corrected chi connectivity index (χ1v) is 10.5. The molecule has 31 heavy (non-hydrogen) atoms. The number of aromatic nitrogens is 4. The number of aromatic amines is 1. The fourth-order valence-electron chi connectivity index (χ4n) is 4.02. The molecular weight excluding hydrogens is 390 g/mol. The molecule has 1 fully saturated rings. The number of nitrogens with one attached hydrogen (secondary N) is 2. The molecule has 0 unspecified atom stereocenters. The highest BCUT2D eigenvalue weighted by molar-refractivity contribution is 5.71. The Hall–Kier alpha value is -3.44. The zero-order valence-electron chi connectivity index (χ0n) is 18.1. The largest absolute Gasteiger partial charge is 0.496 e. The van der Waals surface area contributed by atoms with Gasteiger partial charge in [-0.3, -0.25) is 5.10 Å². The summed E-state index contributed by atoms with van der Waals surface area (Å²) < 4.78 is 5.69. The summed E-state index contributed by atoms with van der Waals surface area (Å²) in [7, 11) is 1.69. The number of benzene rings is 1. The second-order valence-corrected chi connectivity index (χ2v) is 8.17. The first kappa shape index (κ1) is 20.8. The van der Waals surface area contributed by atoms with Crippen molar-refractivity contribution < 1.29 is 4.74 Å². The SMILES string of the molecule is COc1cc(C[C@H]2CCN(C(C)C)C2)ccc1-c1cc(Nc2cnc(C#N)cn2)n[nH]1. The topological polar surface area (TPSA) is 103 Å². The number of hydrogen-bond acceptors (Lipinski definition) is 7. The summed E-state index contributed by atoms with van der Waals surface area (Å²) in [5.74, 6) is 2.64. The van der Waals surface area contributed by atoms with Crippen molar-refractivity contribution in [1.29, 1.82) is 5.26 Å². The number of rotatable bonds is 7. The van der Waals surface area contributed by atoms with Crippen molar-refractivity contribution in [2.45, 2.75) is 32.7 Å². The second kappa shape index (κ2) is 9.14. The average molecular weight is 418 g/mol. The molecule has 0 bridgehead atoms. The average Bonchev–Trinajstić information content (AvgIpc) is 3.44. The van der Waals surface area contributed by atoms with E-state index in [1.165, 1.54) is 30.9 Å². The highest BCUT2D eigenvalue weighted by Crippen LogP contribution is 2.32. The van der Waals surface area contributed by atoms with Gasteiger partial charge in [0.2, 0.25) is 0 Å². The molecule has 4 rings (SSSR count). The van der Waals surface area contributed by atoms with E-state index in [0.29, 0.717) is 23.6 Å². The second-order valence-electron chi connectivity index (χ2n) is 8.17. The van der Waals surface area contributed by atoms with Crippen LogP contribution in [-0.2, 0) is 6.42 Å². The molecule has 0 aliphatic carbocycles. The quantitative estimate of drug-likeness (QED) is 0.603. The van der Waals surface area contributed by atoms with Crippen LogP contribution in [0.2, 0.25) is 0 Å². The summed E-state index contributed by atoms with van der Waals surface area (Å²) in [5.41, 5.74) is 3.36. The predicted octanol–water partition coefficient (Wildman–Crippen LogP) is 3.76. The van der Waals surface area contributed by atoms with Crippen LogP contribution in [0.3, 0.4) is 0 Å². The molecule has 0 amide bonds. The van der Waals surface area contributed by atoms with E-state index in [0.717, 1.165) is 30.0 Å². The van der Waals surface area contributed by atoms with E-state index in [4.69, 9.17) is 10.00 Å². The predicted molar refractivity (Wildman–Crippen MR) is 119 cm³/mol. The first-order valence-electron chi connectivity index (χ1n) is 10.5. The monoisotopic (exact) mass is 417 g/mol. The number of methoxy groups -OCH3 is 1. The Labute approximate surface area is 182 Å². The van der Waals surface area contributed by atoms with E-state index in [1.807, 2.05) is 12.1 Å². The lowest BCUT2D eigenvalue weighted by atomic mass is 9.97.